The molecule has 0 saturated carbocycles. The standard InChI is InChI=1S/C20H24N2O2S/c1-14(2)19(17-5-4-12-25-17)21-20(24)16-9-7-15(8-10-16)13-22-11-3-6-18(22)23/h4-5,7-10,12,14,19H,3,6,11,13H2,1-2H3,(H,21,24)/t19-/m0/s1. The van der Waals surface area contributed by atoms with Crippen molar-refractivity contribution in [3.8, 4) is 0 Å². The van der Waals surface area contributed by atoms with Gasteiger partial charge in [-0.05, 0) is 41.5 Å². The van der Waals surface area contributed by atoms with Gasteiger partial charge in [-0.1, -0.05) is 32.0 Å². The van der Waals surface area contributed by atoms with Crippen LogP contribution in [-0.2, 0) is 11.3 Å². The molecular weight excluding hydrogens is 332 g/mol. The molecular formula is C20H24N2O2S. The molecule has 2 amide bonds. The van der Waals surface area contributed by atoms with E-state index in [1.165, 1.54) is 4.88 Å². The monoisotopic (exact) mass is 356 g/mol. The van der Waals surface area contributed by atoms with Gasteiger partial charge >= 0.3 is 0 Å². The van der Waals surface area contributed by atoms with Crippen molar-refractivity contribution in [3.63, 3.8) is 0 Å². The second kappa shape index (κ2) is 7.83. The molecule has 1 saturated heterocycles. The molecule has 1 N–H and O–H groups in total. The predicted molar refractivity (Wildman–Crippen MR) is 100 cm³/mol. The van der Waals surface area contributed by atoms with E-state index in [9.17, 15) is 9.59 Å². The van der Waals surface area contributed by atoms with E-state index >= 15 is 0 Å². The van der Waals surface area contributed by atoms with Crippen molar-refractivity contribution >= 4 is 23.2 Å². The number of benzene rings is 1. The normalized spacial score (nSPS) is 15.6. The van der Waals surface area contributed by atoms with Crippen molar-refractivity contribution in [1.82, 2.24) is 10.2 Å². The summed E-state index contributed by atoms with van der Waals surface area (Å²) in [5, 5.41) is 5.17. The minimum atomic E-state index is -0.0594. The van der Waals surface area contributed by atoms with E-state index in [0.717, 1.165) is 18.5 Å². The quantitative estimate of drug-likeness (QED) is 0.850. The van der Waals surface area contributed by atoms with Crippen LogP contribution in [0.4, 0.5) is 0 Å². The third-order valence-corrected chi connectivity index (χ3v) is 5.52. The number of hydrogen-bond acceptors (Lipinski definition) is 3. The topological polar surface area (TPSA) is 49.4 Å². The number of thiophene rings is 1. The van der Waals surface area contributed by atoms with Crippen LogP contribution in [0, 0.1) is 5.92 Å². The highest BCUT2D eigenvalue weighted by atomic mass is 32.1. The summed E-state index contributed by atoms with van der Waals surface area (Å²) in [7, 11) is 0. The molecule has 0 unspecified atom stereocenters. The van der Waals surface area contributed by atoms with Gasteiger partial charge in [0.1, 0.15) is 0 Å². The first-order valence-corrected chi connectivity index (χ1v) is 9.63. The summed E-state index contributed by atoms with van der Waals surface area (Å²) < 4.78 is 0. The summed E-state index contributed by atoms with van der Waals surface area (Å²) in [6.45, 7) is 5.68. The number of hydrogen-bond donors (Lipinski definition) is 1. The van der Waals surface area contributed by atoms with Crippen LogP contribution < -0.4 is 5.32 Å². The van der Waals surface area contributed by atoms with Crippen molar-refractivity contribution < 1.29 is 9.59 Å². The molecule has 0 spiro atoms. The first-order valence-electron chi connectivity index (χ1n) is 8.75. The van der Waals surface area contributed by atoms with Gasteiger partial charge in [0.05, 0.1) is 6.04 Å². The highest BCUT2D eigenvalue weighted by Crippen LogP contribution is 2.26. The Balaban J connectivity index is 1.65. The van der Waals surface area contributed by atoms with Crippen LogP contribution in [0.1, 0.15) is 53.5 Å². The van der Waals surface area contributed by atoms with Crippen molar-refractivity contribution in [2.45, 2.75) is 39.3 Å². The zero-order valence-corrected chi connectivity index (χ0v) is 15.5. The molecule has 0 radical (unpaired) electrons. The summed E-state index contributed by atoms with van der Waals surface area (Å²) in [6.07, 6.45) is 1.60. The molecule has 1 aromatic carbocycles. The van der Waals surface area contributed by atoms with Gasteiger partial charge < -0.3 is 10.2 Å². The predicted octanol–water partition coefficient (Wildman–Crippen LogP) is 4.00. The molecule has 1 aliphatic heterocycles. The molecule has 4 nitrogen and oxygen atoms in total. The minimum absolute atomic E-state index is 0.0226. The van der Waals surface area contributed by atoms with Crippen LogP contribution >= 0.6 is 11.3 Å². The van der Waals surface area contributed by atoms with Gasteiger partial charge in [0.2, 0.25) is 5.91 Å². The Morgan fingerprint density at radius 3 is 2.56 bits per heavy atom. The summed E-state index contributed by atoms with van der Waals surface area (Å²) in [5.74, 6) is 0.483. The second-order valence-electron chi connectivity index (χ2n) is 6.83. The van der Waals surface area contributed by atoms with E-state index in [4.69, 9.17) is 0 Å². The summed E-state index contributed by atoms with van der Waals surface area (Å²) >= 11 is 1.66. The van der Waals surface area contributed by atoms with Gasteiger partial charge in [-0.25, -0.2) is 0 Å². The molecule has 2 aromatic rings. The van der Waals surface area contributed by atoms with Crippen LogP contribution in [0.15, 0.2) is 41.8 Å². The van der Waals surface area contributed by atoms with E-state index in [-0.39, 0.29) is 17.9 Å². The Labute approximate surface area is 152 Å². The molecule has 1 aliphatic rings. The lowest BCUT2D eigenvalue weighted by Crippen LogP contribution is -2.31. The molecule has 3 rings (SSSR count). The Morgan fingerprint density at radius 1 is 1.24 bits per heavy atom. The fourth-order valence-electron chi connectivity index (χ4n) is 3.11. The van der Waals surface area contributed by atoms with E-state index < -0.39 is 0 Å². The van der Waals surface area contributed by atoms with E-state index in [1.807, 2.05) is 40.6 Å². The molecule has 5 heteroatoms. The fraction of sp³-hybridized carbons (Fsp3) is 0.400. The molecule has 1 aromatic heterocycles. The van der Waals surface area contributed by atoms with Crippen molar-refractivity contribution in [2.24, 2.45) is 5.92 Å². The van der Waals surface area contributed by atoms with Crippen molar-refractivity contribution in [3.05, 3.63) is 57.8 Å². The Morgan fingerprint density at radius 2 is 2.00 bits per heavy atom. The van der Waals surface area contributed by atoms with E-state index in [1.54, 1.807) is 11.3 Å². The maximum atomic E-state index is 12.6. The fourth-order valence-corrected chi connectivity index (χ4v) is 4.06. The lowest BCUT2D eigenvalue weighted by Gasteiger charge is -2.21. The smallest absolute Gasteiger partial charge is 0.251 e. The van der Waals surface area contributed by atoms with E-state index in [2.05, 4.69) is 25.2 Å². The average molecular weight is 356 g/mol. The molecule has 132 valence electrons. The number of carbonyl (C=O) groups is 2. The first kappa shape index (κ1) is 17.7. The third-order valence-electron chi connectivity index (χ3n) is 4.56. The lowest BCUT2D eigenvalue weighted by atomic mass is 10.0. The summed E-state index contributed by atoms with van der Waals surface area (Å²) in [5.41, 5.74) is 1.71. The Hall–Kier alpha value is -2.14. The number of carbonyl (C=O) groups excluding carboxylic acids is 2. The molecule has 1 fully saturated rings. The first-order chi connectivity index (χ1) is 12.0. The summed E-state index contributed by atoms with van der Waals surface area (Å²) in [6, 6.07) is 11.7. The zero-order valence-electron chi connectivity index (χ0n) is 14.7. The summed E-state index contributed by atoms with van der Waals surface area (Å²) in [4.78, 5) is 27.4. The number of amides is 2. The Bertz CT molecular complexity index is 723. The highest BCUT2D eigenvalue weighted by Gasteiger charge is 2.21. The molecule has 2 heterocycles. The number of nitrogens with zero attached hydrogens (tertiary/aromatic N) is 1. The molecule has 25 heavy (non-hydrogen) atoms. The molecule has 0 bridgehead atoms. The number of nitrogens with one attached hydrogen (secondary N) is 1. The number of likely N-dealkylation sites (tertiary alicyclic amines) is 1. The largest absolute Gasteiger partial charge is 0.344 e. The zero-order chi connectivity index (χ0) is 17.8. The van der Waals surface area contributed by atoms with Gasteiger partial charge in [0.15, 0.2) is 0 Å². The maximum absolute atomic E-state index is 12.6. The lowest BCUT2D eigenvalue weighted by molar-refractivity contribution is -0.128. The van der Waals surface area contributed by atoms with Gasteiger partial charge in [-0.3, -0.25) is 9.59 Å². The van der Waals surface area contributed by atoms with Gasteiger partial charge in [0, 0.05) is 30.0 Å². The van der Waals surface area contributed by atoms with Crippen LogP contribution in [-0.4, -0.2) is 23.3 Å². The van der Waals surface area contributed by atoms with Crippen LogP contribution in [0.3, 0.4) is 0 Å². The second-order valence-corrected chi connectivity index (χ2v) is 7.81. The van der Waals surface area contributed by atoms with Crippen LogP contribution in [0.5, 0.6) is 0 Å². The third kappa shape index (κ3) is 4.28. The van der Waals surface area contributed by atoms with Crippen LogP contribution in [0.2, 0.25) is 0 Å². The molecule has 1 atom stereocenters. The van der Waals surface area contributed by atoms with Crippen molar-refractivity contribution in [1.29, 1.82) is 0 Å². The van der Waals surface area contributed by atoms with E-state index in [0.29, 0.717) is 24.4 Å². The van der Waals surface area contributed by atoms with Crippen LogP contribution in [0.25, 0.3) is 0 Å². The average Bonchev–Trinajstić information content (AvgIpc) is 3.25. The maximum Gasteiger partial charge on any atom is 0.251 e. The SMILES string of the molecule is CC(C)[C@H](NC(=O)c1ccc(CN2CCCC2=O)cc1)c1cccs1. The molecule has 0 aliphatic carbocycles. The van der Waals surface area contributed by atoms with Gasteiger partial charge in [-0.2, -0.15) is 0 Å². The van der Waals surface area contributed by atoms with Crippen molar-refractivity contribution in [2.75, 3.05) is 6.54 Å². The van der Waals surface area contributed by atoms with Gasteiger partial charge in [-0.15, -0.1) is 11.3 Å². The van der Waals surface area contributed by atoms with Gasteiger partial charge in [0.25, 0.3) is 5.91 Å². The minimum Gasteiger partial charge on any atom is -0.344 e. The number of rotatable bonds is 6. The highest BCUT2D eigenvalue weighted by molar-refractivity contribution is 7.10. The Kier molecular flexibility index (Phi) is 5.53.